The quantitative estimate of drug-likeness (QED) is 0.659. The van der Waals surface area contributed by atoms with Gasteiger partial charge in [0.15, 0.2) is 0 Å². The second kappa shape index (κ2) is 7.56. The van der Waals surface area contributed by atoms with Crippen molar-refractivity contribution < 1.29 is 19.1 Å². The van der Waals surface area contributed by atoms with Gasteiger partial charge in [-0.05, 0) is 36.4 Å². The molecule has 1 aliphatic rings. The summed E-state index contributed by atoms with van der Waals surface area (Å²) in [6.45, 7) is 0. The molecule has 1 heterocycles. The van der Waals surface area contributed by atoms with Crippen LogP contribution in [0.3, 0.4) is 0 Å². The lowest BCUT2D eigenvalue weighted by Crippen LogP contribution is -2.27. The Hall–Kier alpha value is -2.93. The number of esters is 2. The first-order valence-corrected chi connectivity index (χ1v) is 7.35. The summed E-state index contributed by atoms with van der Waals surface area (Å²) in [6.07, 6.45) is 6.48. The van der Waals surface area contributed by atoms with Gasteiger partial charge >= 0.3 is 11.9 Å². The van der Waals surface area contributed by atoms with E-state index in [1.807, 2.05) is 0 Å². The van der Waals surface area contributed by atoms with Crippen LogP contribution in [-0.2, 0) is 19.1 Å². The predicted molar refractivity (Wildman–Crippen MR) is 94.1 cm³/mol. The maximum Gasteiger partial charge on any atom is 0.355 e. The summed E-state index contributed by atoms with van der Waals surface area (Å²) >= 11 is 4.93. The van der Waals surface area contributed by atoms with Crippen LogP contribution < -0.4 is 10.6 Å². The van der Waals surface area contributed by atoms with Crippen molar-refractivity contribution in [1.82, 2.24) is 0 Å². The monoisotopic (exact) mass is 344 g/mol. The molecule has 0 unspecified atom stereocenters. The zero-order valence-electron chi connectivity index (χ0n) is 13.2. The van der Waals surface area contributed by atoms with Gasteiger partial charge < -0.3 is 20.1 Å². The van der Waals surface area contributed by atoms with Crippen LogP contribution in [0.1, 0.15) is 5.56 Å². The van der Waals surface area contributed by atoms with Gasteiger partial charge in [-0.25, -0.2) is 9.59 Å². The Morgan fingerprint density at radius 2 is 1.67 bits per heavy atom. The van der Waals surface area contributed by atoms with Crippen molar-refractivity contribution in [2.75, 3.05) is 19.1 Å². The molecule has 0 fully saturated rings. The average molecular weight is 344 g/mol. The molecule has 0 atom stereocenters. The van der Waals surface area contributed by atoms with Gasteiger partial charge in [0.25, 0.3) is 0 Å². The number of rotatable bonds is 4. The van der Waals surface area contributed by atoms with Gasteiger partial charge in [0, 0.05) is 17.5 Å². The van der Waals surface area contributed by atoms with Gasteiger partial charge in [-0.15, -0.1) is 0 Å². The summed E-state index contributed by atoms with van der Waals surface area (Å²) in [5.41, 5.74) is 7.07. The minimum absolute atomic E-state index is 0.0532. The van der Waals surface area contributed by atoms with E-state index < -0.39 is 11.9 Å². The molecule has 24 heavy (non-hydrogen) atoms. The molecule has 1 aromatic rings. The number of nitrogens with zero attached hydrogens (tertiary/aromatic N) is 1. The highest BCUT2D eigenvalue weighted by Crippen LogP contribution is 2.26. The third kappa shape index (κ3) is 3.52. The summed E-state index contributed by atoms with van der Waals surface area (Å²) in [6, 6.07) is 6.94. The highest BCUT2D eigenvalue weighted by atomic mass is 32.1. The van der Waals surface area contributed by atoms with Gasteiger partial charge in [0.1, 0.15) is 10.7 Å². The van der Waals surface area contributed by atoms with E-state index in [0.717, 1.165) is 0 Å². The third-order valence-corrected chi connectivity index (χ3v) is 3.55. The zero-order valence-corrected chi connectivity index (χ0v) is 14.0. The number of hydrogen-bond donors (Lipinski definition) is 1. The number of methoxy groups -OCH3 is 2. The van der Waals surface area contributed by atoms with E-state index >= 15 is 0 Å². The van der Waals surface area contributed by atoms with Gasteiger partial charge in [0.2, 0.25) is 0 Å². The molecule has 1 aliphatic heterocycles. The molecule has 0 aromatic heterocycles. The van der Waals surface area contributed by atoms with Crippen LogP contribution in [0.4, 0.5) is 5.69 Å². The van der Waals surface area contributed by atoms with Crippen LogP contribution in [0.15, 0.2) is 60.0 Å². The molecule has 0 amide bonds. The normalized spacial score (nSPS) is 13.5. The van der Waals surface area contributed by atoms with E-state index in [1.54, 1.807) is 47.5 Å². The number of allylic oxidation sites excluding steroid dienone is 2. The van der Waals surface area contributed by atoms with E-state index in [0.29, 0.717) is 11.3 Å². The fourth-order valence-corrected chi connectivity index (χ4v) is 2.29. The highest BCUT2D eigenvalue weighted by molar-refractivity contribution is 7.80. The number of thiocarbonyl (C=S) groups is 1. The number of benzene rings is 1. The molecule has 0 aliphatic carbocycles. The second-order valence-corrected chi connectivity index (χ2v) is 5.17. The van der Waals surface area contributed by atoms with Crippen molar-refractivity contribution in [2.45, 2.75) is 0 Å². The van der Waals surface area contributed by atoms with E-state index in [9.17, 15) is 9.59 Å². The molecule has 2 N–H and O–H groups in total. The minimum Gasteiger partial charge on any atom is -0.465 e. The van der Waals surface area contributed by atoms with E-state index in [1.165, 1.54) is 20.3 Å². The van der Waals surface area contributed by atoms with Crippen molar-refractivity contribution in [3.8, 4) is 0 Å². The van der Waals surface area contributed by atoms with Crippen LogP contribution in [0, 0.1) is 0 Å². The average Bonchev–Trinajstić information content (AvgIpc) is 2.83. The van der Waals surface area contributed by atoms with Gasteiger partial charge in [-0.2, -0.15) is 0 Å². The number of ether oxygens (including phenoxy) is 2. The summed E-state index contributed by atoms with van der Waals surface area (Å²) in [4.78, 5) is 26.1. The molecule has 0 saturated heterocycles. The Morgan fingerprint density at radius 1 is 1.04 bits per heavy atom. The van der Waals surface area contributed by atoms with Crippen molar-refractivity contribution in [1.29, 1.82) is 0 Å². The number of carbonyl (C=O) groups excluding carboxylic acids is 2. The fraction of sp³-hybridized carbons (Fsp3) is 0.118. The maximum absolute atomic E-state index is 12.3. The van der Waals surface area contributed by atoms with E-state index in [-0.39, 0.29) is 16.3 Å². The lowest BCUT2D eigenvalue weighted by atomic mass is 10.1. The molecule has 2 rings (SSSR count). The SMILES string of the molecule is COC(=O)C1=C(C(=O)OC)N(c2ccc(C(N)=S)cc2)C=CC=C1. The lowest BCUT2D eigenvalue weighted by Gasteiger charge is -2.23. The number of hydrogen-bond acceptors (Lipinski definition) is 6. The van der Waals surface area contributed by atoms with Crippen LogP contribution in [-0.4, -0.2) is 31.1 Å². The Bertz CT molecular complexity index is 763. The van der Waals surface area contributed by atoms with E-state index in [2.05, 4.69) is 0 Å². The maximum atomic E-state index is 12.3. The molecule has 0 saturated carbocycles. The first-order chi connectivity index (χ1) is 11.5. The predicted octanol–water partition coefficient (Wildman–Crippen LogP) is 1.81. The summed E-state index contributed by atoms with van der Waals surface area (Å²) in [7, 11) is 2.49. The van der Waals surface area contributed by atoms with Crippen molar-refractivity contribution in [3.63, 3.8) is 0 Å². The second-order valence-electron chi connectivity index (χ2n) is 4.73. The summed E-state index contributed by atoms with van der Waals surface area (Å²) in [5.74, 6) is -1.30. The van der Waals surface area contributed by atoms with Crippen LogP contribution in [0.5, 0.6) is 0 Å². The van der Waals surface area contributed by atoms with Crippen LogP contribution >= 0.6 is 12.2 Å². The standard InChI is InChI=1S/C17H16N2O4S/c1-22-16(20)13-5-3-4-10-19(14(13)17(21)23-2)12-8-6-11(7-9-12)15(18)24/h3-10H,1-2H3,(H2,18,24). The Labute approximate surface area is 144 Å². The van der Waals surface area contributed by atoms with E-state index in [4.69, 9.17) is 27.4 Å². The molecule has 6 nitrogen and oxygen atoms in total. The largest absolute Gasteiger partial charge is 0.465 e. The smallest absolute Gasteiger partial charge is 0.355 e. The first-order valence-electron chi connectivity index (χ1n) is 6.94. The number of nitrogens with two attached hydrogens (primary N) is 1. The van der Waals surface area contributed by atoms with Crippen molar-refractivity contribution in [3.05, 3.63) is 65.5 Å². The summed E-state index contributed by atoms with van der Waals surface area (Å²) < 4.78 is 9.59. The molecule has 0 bridgehead atoms. The Morgan fingerprint density at radius 3 is 2.21 bits per heavy atom. The fourth-order valence-electron chi connectivity index (χ4n) is 2.15. The van der Waals surface area contributed by atoms with Gasteiger partial charge in [-0.1, -0.05) is 18.3 Å². The Kier molecular flexibility index (Phi) is 5.49. The molecular weight excluding hydrogens is 328 g/mol. The van der Waals surface area contributed by atoms with Crippen LogP contribution in [0.2, 0.25) is 0 Å². The highest BCUT2D eigenvalue weighted by Gasteiger charge is 2.27. The molecule has 7 heteroatoms. The minimum atomic E-state index is -0.662. The number of carbonyl (C=O) groups is 2. The topological polar surface area (TPSA) is 81.9 Å². The number of anilines is 1. The molecule has 1 aromatic carbocycles. The lowest BCUT2D eigenvalue weighted by molar-refractivity contribution is -0.139. The van der Waals surface area contributed by atoms with Crippen molar-refractivity contribution >= 4 is 34.8 Å². The molecule has 0 spiro atoms. The zero-order chi connectivity index (χ0) is 17.7. The molecular formula is C17H16N2O4S. The Balaban J connectivity index is 2.58. The molecule has 0 radical (unpaired) electrons. The third-order valence-electron chi connectivity index (χ3n) is 3.32. The summed E-state index contributed by atoms with van der Waals surface area (Å²) in [5, 5.41) is 0. The first kappa shape index (κ1) is 17.4. The molecule has 124 valence electrons. The van der Waals surface area contributed by atoms with Gasteiger partial charge in [0.05, 0.1) is 19.8 Å². The van der Waals surface area contributed by atoms with Gasteiger partial charge in [-0.3, -0.25) is 0 Å². The van der Waals surface area contributed by atoms with Crippen LogP contribution in [0.25, 0.3) is 0 Å². The van der Waals surface area contributed by atoms with Crippen molar-refractivity contribution in [2.24, 2.45) is 5.73 Å².